The lowest BCUT2D eigenvalue weighted by Gasteiger charge is -2.40. The van der Waals surface area contributed by atoms with Crippen molar-refractivity contribution in [2.75, 3.05) is 86.7 Å². The predicted octanol–water partition coefficient (Wildman–Crippen LogP) is 4.79. The lowest BCUT2D eigenvalue weighted by Crippen LogP contribution is -2.49. The van der Waals surface area contributed by atoms with Gasteiger partial charge in [-0.2, -0.15) is 0 Å². The number of carbonyl (C=O) groups excluding carboxylic acids is 5. The summed E-state index contributed by atoms with van der Waals surface area (Å²) >= 11 is 0. The second kappa shape index (κ2) is 15.8. The summed E-state index contributed by atoms with van der Waals surface area (Å²) in [5, 5.41) is 0. The Morgan fingerprint density at radius 3 is 2.22 bits per heavy atom. The van der Waals surface area contributed by atoms with Gasteiger partial charge < -0.3 is 24.4 Å². The minimum absolute atomic E-state index is 0.0533. The molecule has 9 rings (SSSR count). The largest absolute Gasteiger partial charge is 0.371 e. The summed E-state index contributed by atoms with van der Waals surface area (Å²) in [7, 11) is 0. The number of hydrogen-bond donors (Lipinski definition) is 0. The van der Waals surface area contributed by atoms with E-state index in [9.17, 15) is 24.0 Å². The highest BCUT2D eigenvalue weighted by Gasteiger charge is 2.45. The Hall–Kier alpha value is -5.68. The Balaban J connectivity index is 0.713. The average Bonchev–Trinajstić information content (AvgIpc) is 3.78. The van der Waals surface area contributed by atoms with E-state index in [1.54, 1.807) is 18.3 Å². The minimum Gasteiger partial charge on any atom is -0.371 e. The number of likely N-dealkylation sites (tertiary alicyclic amines) is 1. The first kappa shape index (κ1) is 38.8. The quantitative estimate of drug-likeness (QED) is 0.186. The number of amides is 3. The Labute approximate surface area is 345 Å². The van der Waals surface area contributed by atoms with E-state index >= 15 is 0 Å². The number of Topliss-reactive ketones (excluding diaryl/α,β-unsaturated/α-hetero) is 2. The van der Waals surface area contributed by atoms with Crippen molar-refractivity contribution in [1.29, 1.82) is 0 Å². The third-order valence-electron chi connectivity index (χ3n) is 13.9. The number of piperazine rings is 1. The first-order valence-electron chi connectivity index (χ1n) is 21.2. The van der Waals surface area contributed by atoms with Crippen molar-refractivity contribution in [3.8, 4) is 0 Å². The number of fused-ring (bicyclic) bond motifs is 1. The first-order valence-corrected chi connectivity index (χ1v) is 21.2. The number of hydrogen-bond acceptors (Lipinski definition) is 11. The van der Waals surface area contributed by atoms with Crippen LogP contribution >= 0.6 is 0 Å². The monoisotopic (exact) mass is 797 g/mol. The molecule has 5 fully saturated rings. The molecule has 59 heavy (non-hydrogen) atoms. The zero-order valence-electron chi connectivity index (χ0n) is 33.8. The molecule has 3 aromatic rings. The average molecular weight is 798 g/mol. The van der Waals surface area contributed by atoms with E-state index < -0.39 is 17.9 Å². The van der Waals surface area contributed by atoms with Crippen LogP contribution in [0.3, 0.4) is 0 Å². The van der Waals surface area contributed by atoms with Gasteiger partial charge in [0.25, 0.3) is 23.5 Å². The van der Waals surface area contributed by atoms with Gasteiger partial charge in [0.1, 0.15) is 17.8 Å². The van der Waals surface area contributed by atoms with Crippen LogP contribution in [0.25, 0.3) is 4.85 Å². The molecule has 306 valence electrons. The maximum Gasteiger partial charge on any atom is 0.272 e. The molecule has 1 aromatic carbocycles. The smallest absolute Gasteiger partial charge is 0.272 e. The van der Waals surface area contributed by atoms with Crippen LogP contribution in [0.4, 0.5) is 23.0 Å². The fourth-order valence-electron chi connectivity index (χ4n) is 10.2. The van der Waals surface area contributed by atoms with Gasteiger partial charge in [-0.25, -0.2) is 4.98 Å². The van der Waals surface area contributed by atoms with E-state index in [4.69, 9.17) is 11.6 Å². The number of rotatable bonds is 7. The summed E-state index contributed by atoms with van der Waals surface area (Å²) in [6, 6.07) is 10.6. The van der Waals surface area contributed by atoms with E-state index in [1.165, 1.54) is 0 Å². The summed E-state index contributed by atoms with van der Waals surface area (Å²) in [5.74, 6) is 0.617. The number of pyridine rings is 2. The molecule has 2 aromatic heterocycles. The van der Waals surface area contributed by atoms with Gasteiger partial charge in [0, 0.05) is 90.3 Å². The van der Waals surface area contributed by atoms with E-state index in [0.29, 0.717) is 28.4 Å². The maximum absolute atomic E-state index is 13.5. The van der Waals surface area contributed by atoms with Gasteiger partial charge in [0.2, 0.25) is 0 Å². The van der Waals surface area contributed by atoms with Crippen molar-refractivity contribution in [2.24, 2.45) is 11.3 Å². The van der Waals surface area contributed by atoms with Crippen molar-refractivity contribution >= 4 is 52.3 Å². The summed E-state index contributed by atoms with van der Waals surface area (Å²) in [4.78, 5) is 89.5. The van der Waals surface area contributed by atoms with Gasteiger partial charge in [0.05, 0.1) is 34.8 Å². The highest BCUT2D eigenvalue weighted by atomic mass is 16.2. The van der Waals surface area contributed by atoms with Crippen LogP contribution in [0, 0.1) is 24.8 Å². The van der Waals surface area contributed by atoms with Gasteiger partial charge >= 0.3 is 0 Å². The van der Waals surface area contributed by atoms with Crippen LogP contribution in [0.5, 0.6) is 0 Å². The molecule has 4 saturated heterocycles. The molecule has 1 atom stereocenters. The summed E-state index contributed by atoms with van der Waals surface area (Å²) in [5.41, 5.74) is 4.42. The Morgan fingerprint density at radius 2 is 1.53 bits per heavy atom. The molecule has 6 aliphatic rings. The highest BCUT2D eigenvalue weighted by Crippen LogP contribution is 2.42. The number of carbonyl (C=O) groups is 5. The number of aromatic nitrogens is 2. The third kappa shape index (κ3) is 7.57. The summed E-state index contributed by atoms with van der Waals surface area (Å²) < 4.78 is 0. The van der Waals surface area contributed by atoms with Gasteiger partial charge in [-0.1, -0.05) is 6.57 Å². The summed E-state index contributed by atoms with van der Waals surface area (Å²) in [6.07, 6.45) is 8.88. The highest BCUT2D eigenvalue weighted by molar-refractivity contribution is 6.24. The molecule has 0 radical (unpaired) electrons. The number of ketones is 2. The van der Waals surface area contributed by atoms with Crippen LogP contribution in [0.2, 0.25) is 0 Å². The lowest BCUT2D eigenvalue weighted by atomic mass is 9.77. The maximum atomic E-state index is 13.5. The molecule has 3 amide bonds. The van der Waals surface area contributed by atoms with Crippen molar-refractivity contribution < 1.29 is 24.0 Å². The van der Waals surface area contributed by atoms with Crippen molar-refractivity contribution in [3.63, 3.8) is 0 Å². The second-order valence-electron chi connectivity index (χ2n) is 17.5. The van der Waals surface area contributed by atoms with Crippen LogP contribution in [0.1, 0.15) is 88.0 Å². The third-order valence-corrected chi connectivity index (χ3v) is 13.9. The van der Waals surface area contributed by atoms with Gasteiger partial charge in [-0.15, -0.1) is 4.98 Å². The number of benzene rings is 1. The van der Waals surface area contributed by atoms with E-state index in [-0.39, 0.29) is 42.2 Å². The fraction of sp³-hybridized carbons (Fsp3) is 0.511. The zero-order valence-corrected chi connectivity index (χ0v) is 33.8. The molecule has 14 nitrogen and oxygen atoms in total. The minimum atomic E-state index is -0.857. The van der Waals surface area contributed by atoms with E-state index in [1.807, 2.05) is 36.2 Å². The summed E-state index contributed by atoms with van der Waals surface area (Å²) in [6.45, 7) is 19.1. The van der Waals surface area contributed by atoms with E-state index in [2.05, 4.69) is 35.5 Å². The van der Waals surface area contributed by atoms with Crippen LogP contribution < -0.4 is 14.7 Å². The molecule has 7 heterocycles. The number of aryl methyl sites for hydroxylation is 1. The van der Waals surface area contributed by atoms with E-state index in [0.717, 1.165) is 132 Å². The van der Waals surface area contributed by atoms with Gasteiger partial charge in [-0.05, 0) is 98.7 Å². The fourth-order valence-corrected chi connectivity index (χ4v) is 10.2. The van der Waals surface area contributed by atoms with Crippen molar-refractivity contribution in [1.82, 2.24) is 24.7 Å². The topological polar surface area (TPSA) is 135 Å². The molecule has 5 aliphatic heterocycles. The second-order valence-corrected chi connectivity index (χ2v) is 17.5. The van der Waals surface area contributed by atoms with Crippen LogP contribution in [-0.2, 0) is 9.59 Å². The van der Waals surface area contributed by atoms with Crippen molar-refractivity contribution in [2.45, 2.75) is 64.3 Å². The van der Waals surface area contributed by atoms with Crippen LogP contribution in [-0.4, -0.2) is 132 Å². The normalized spacial score (nSPS) is 22.7. The van der Waals surface area contributed by atoms with Crippen molar-refractivity contribution in [3.05, 3.63) is 82.5 Å². The first-order chi connectivity index (χ1) is 28.6. The Bertz CT molecular complexity index is 2210. The predicted molar refractivity (Wildman–Crippen MR) is 222 cm³/mol. The molecular formula is C45H51N9O5. The number of imide groups is 1. The molecule has 0 bridgehead atoms. The van der Waals surface area contributed by atoms with Gasteiger partial charge in [-0.3, -0.25) is 33.8 Å². The molecule has 1 aliphatic carbocycles. The Kier molecular flexibility index (Phi) is 10.4. The molecule has 14 heteroatoms. The number of piperidine rings is 2. The molecular weight excluding hydrogens is 747 g/mol. The van der Waals surface area contributed by atoms with Crippen LogP contribution in [0.15, 0.2) is 48.8 Å². The lowest BCUT2D eigenvalue weighted by molar-refractivity contribution is -0.132. The Morgan fingerprint density at radius 1 is 0.780 bits per heavy atom. The molecule has 1 spiro atoms. The standard InChI is InChI=1S/C45H51N9O5/c1-30-23-34(27-48-41(30)46-2)53-18-13-45(29-53)11-16-52(17-12-45)42(57)32-3-8-40(47-26-32)51-21-19-49(20-22-51)28-31-9-14-50(15-10-31)33-4-6-36-37(24-33)44(59)54(43(36)58)38-7-5-35(55)25-39(38)56/h3-4,6,8,23-24,26-27,31,38H,5,7,9-22,25,28-29H2,1H3. The molecule has 0 N–H and O–H groups in total. The zero-order chi connectivity index (χ0) is 40.8. The van der Waals surface area contributed by atoms with Gasteiger partial charge in [0.15, 0.2) is 5.78 Å². The number of anilines is 3. The SMILES string of the molecule is [C-]#[N+]c1ncc(N2CCC3(CCN(C(=O)c4ccc(N5CCN(CC6CCN(c7ccc8c(c7)C(=O)N(C7CCC(=O)CC7=O)C8=O)CC6)CC5)nc4)CC3)C2)cc1C. The molecule has 1 saturated carbocycles. The number of nitrogens with zero attached hydrogens (tertiary/aromatic N) is 9. The molecule has 1 unspecified atom stereocenters.